The molecule has 0 amide bonds. The van der Waals surface area contributed by atoms with Crippen molar-refractivity contribution in [1.82, 2.24) is 19.7 Å². The molecular weight excluding hydrogens is 230 g/mol. The summed E-state index contributed by atoms with van der Waals surface area (Å²) in [6.45, 7) is 4.35. The number of hydrogen-bond acceptors (Lipinski definition) is 5. The van der Waals surface area contributed by atoms with E-state index in [2.05, 4.69) is 15.1 Å². The maximum absolute atomic E-state index is 5.93. The first-order valence-corrected chi connectivity index (χ1v) is 5.64. The fourth-order valence-electron chi connectivity index (χ4n) is 1.97. The predicted molar refractivity (Wildman–Crippen MR) is 67.0 cm³/mol. The third-order valence-corrected chi connectivity index (χ3v) is 2.86. The second-order valence-electron chi connectivity index (χ2n) is 4.29. The van der Waals surface area contributed by atoms with Crippen molar-refractivity contribution in [3.8, 4) is 0 Å². The number of pyridine rings is 1. The van der Waals surface area contributed by atoms with Gasteiger partial charge in [-0.3, -0.25) is 4.57 Å². The van der Waals surface area contributed by atoms with Crippen LogP contribution in [0.15, 0.2) is 22.9 Å². The van der Waals surface area contributed by atoms with Crippen molar-refractivity contribution < 1.29 is 4.52 Å². The van der Waals surface area contributed by atoms with Gasteiger partial charge in [-0.1, -0.05) is 5.16 Å². The minimum Gasteiger partial charge on any atom is -0.369 e. The average Bonchev–Trinajstić information content (AvgIpc) is 2.87. The number of aryl methyl sites for hydroxylation is 2. The van der Waals surface area contributed by atoms with Gasteiger partial charge >= 0.3 is 0 Å². The topological polar surface area (TPSA) is 82.8 Å². The molecule has 3 aromatic heterocycles. The van der Waals surface area contributed by atoms with Gasteiger partial charge in [0.25, 0.3) is 0 Å². The van der Waals surface area contributed by atoms with Gasteiger partial charge in [-0.05, 0) is 25.5 Å². The van der Waals surface area contributed by atoms with E-state index in [4.69, 9.17) is 10.3 Å². The van der Waals surface area contributed by atoms with Crippen LogP contribution in [0, 0.1) is 13.8 Å². The van der Waals surface area contributed by atoms with E-state index < -0.39 is 0 Å². The molecule has 92 valence electrons. The summed E-state index contributed by atoms with van der Waals surface area (Å²) in [7, 11) is 0. The van der Waals surface area contributed by atoms with Gasteiger partial charge in [-0.2, -0.15) is 0 Å². The lowest BCUT2D eigenvalue weighted by molar-refractivity contribution is 0.389. The molecule has 6 nitrogen and oxygen atoms in total. The minimum atomic E-state index is 0.437. The molecular formula is C12H13N5O. The Morgan fingerprint density at radius 1 is 1.39 bits per heavy atom. The number of nitrogen functional groups attached to an aromatic ring is 1. The Balaban J connectivity index is 2.11. The van der Waals surface area contributed by atoms with Crippen molar-refractivity contribution in [1.29, 1.82) is 0 Å². The molecule has 18 heavy (non-hydrogen) atoms. The maximum Gasteiger partial charge on any atom is 0.202 e. The highest BCUT2D eigenvalue weighted by atomic mass is 16.5. The Morgan fingerprint density at radius 2 is 2.22 bits per heavy atom. The molecule has 0 aromatic carbocycles. The van der Waals surface area contributed by atoms with Crippen LogP contribution in [0.1, 0.15) is 17.0 Å². The van der Waals surface area contributed by atoms with Gasteiger partial charge < -0.3 is 10.3 Å². The monoisotopic (exact) mass is 243 g/mol. The zero-order chi connectivity index (χ0) is 12.7. The zero-order valence-electron chi connectivity index (χ0n) is 10.2. The van der Waals surface area contributed by atoms with Gasteiger partial charge in [-0.25, -0.2) is 9.97 Å². The van der Waals surface area contributed by atoms with E-state index in [1.54, 1.807) is 6.20 Å². The molecule has 3 heterocycles. The first-order chi connectivity index (χ1) is 8.65. The first kappa shape index (κ1) is 10.8. The minimum absolute atomic E-state index is 0.437. The van der Waals surface area contributed by atoms with Crippen LogP contribution in [0.3, 0.4) is 0 Å². The van der Waals surface area contributed by atoms with E-state index in [0.717, 1.165) is 28.2 Å². The molecule has 0 bridgehead atoms. The Bertz CT molecular complexity index is 712. The van der Waals surface area contributed by atoms with Crippen LogP contribution in [-0.4, -0.2) is 19.7 Å². The van der Waals surface area contributed by atoms with E-state index in [0.29, 0.717) is 12.5 Å². The fourth-order valence-corrected chi connectivity index (χ4v) is 1.97. The van der Waals surface area contributed by atoms with Crippen molar-refractivity contribution in [2.45, 2.75) is 20.4 Å². The summed E-state index contributed by atoms with van der Waals surface area (Å²) in [6.07, 6.45) is 1.75. The summed E-state index contributed by atoms with van der Waals surface area (Å²) in [5.41, 5.74) is 9.40. The van der Waals surface area contributed by atoms with Gasteiger partial charge in [0.2, 0.25) is 5.95 Å². The number of rotatable bonds is 2. The van der Waals surface area contributed by atoms with Crippen LogP contribution in [-0.2, 0) is 6.54 Å². The molecule has 0 saturated heterocycles. The second-order valence-corrected chi connectivity index (χ2v) is 4.29. The van der Waals surface area contributed by atoms with Crippen LogP contribution >= 0.6 is 0 Å². The molecule has 0 fully saturated rings. The van der Waals surface area contributed by atoms with Gasteiger partial charge in [-0.15, -0.1) is 0 Å². The normalized spacial score (nSPS) is 11.2. The molecule has 0 aliphatic rings. The third-order valence-electron chi connectivity index (χ3n) is 2.86. The van der Waals surface area contributed by atoms with E-state index >= 15 is 0 Å². The Labute approximate surface area is 103 Å². The summed E-state index contributed by atoms with van der Waals surface area (Å²) in [5.74, 6) is 1.21. The lowest BCUT2D eigenvalue weighted by Crippen LogP contribution is -2.05. The summed E-state index contributed by atoms with van der Waals surface area (Å²) in [4.78, 5) is 8.66. The number of imidazole rings is 1. The smallest absolute Gasteiger partial charge is 0.202 e. The third kappa shape index (κ3) is 1.62. The van der Waals surface area contributed by atoms with Gasteiger partial charge in [0.15, 0.2) is 5.65 Å². The summed E-state index contributed by atoms with van der Waals surface area (Å²) in [5, 5.41) is 3.95. The summed E-state index contributed by atoms with van der Waals surface area (Å²) in [6, 6.07) is 3.79. The number of fused-ring (bicyclic) bond motifs is 1. The molecule has 0 aliphatic carbocycles. The number of aromatic nitrogens is 4. The van der Waals surface area contributed by atoms with Crippen molar-refractivity contribution >= 4 is 17.1 Å². The number of hydrogen-bond donors (Lipinski definition) is 1. The molecule has 0 spiro atoms. The van der Waals surface area contributed by atoms with Crippen molar-refractivity contribution in [2.24, 2.45) is 0 Å². The molecule has 0 radical (unpaired) electrons. The number of nitrogens with two attached hydrogens (primary N) is 1. The van der Waals surface area contributed by atoms with E-state index in [9.17, 15) is 0 Å². The van der Waals surface area contributed by atoms with Crippen LogP contribution in [0.25, 0.3) is 11.2 Å². The molecule has 0 saturated carbocycles. The quantitative estimate of drug-likeness (QED) is 0.740. The lowest BCUT2D eigenvalue weighted by atomic mass is 10.3. The Hall–Kier alpha value is -2.37. The summed E-state index contributed by atoms with van der Waals surface area (Å²) >= 11 is 0. The van der Waals surface area contributed by atoms with Crippen LogP contribution < -0.4 is 5.73 Å². The summed E-state index contributed by atoms with van der Waals surface area (Å²) < 4.78 is 6.88. The van der Waals surface area contributed by atoms with E-state index in [-0.39, 0.29) is 0 Å². The van der Waals surface area contributed by atoms with Crippen molar-refractivity contribution in [3.63, 3.8) is 0 Å². The highest BCUT2D eigenvalue weighted by Crippen LogP contribution is 2.19. The molecule has 3 aromatic rings. The number of anilines is 1. The van der Waals surface area contributed by atoms with E-state index in [1.165, 1.54) is 0 Å². The van der Waals surface area contributed by atoms with Gasteiger partial charge in [0.05, 0.1) is 6.54 Å². The molecule has 0 aliphatic heterocycles. The molecule has 3 rings (SSSR count). The Kier molecular flexibility index (Phi) is 2.29. The first-order valence-electron chi connectivity index (χ1n) is 5.64. The average molecular weight is 243 g/mol. The second kappa shape index (κ2) is 3.83. The molecule has 6 heteroatoms. The SMILES string of the molecule is Cc1cc(Cn2c(N)nc3c(C)ccnc32)no1. The van der Waals surface area contributed by atoms with E-state index in [1.807, 2.05) is 30.5 Å². The van der Waals surface area contributed by atoms with Crippen molar-refractivity contribution in [2.75, 3.05) is 5.73 Å². The van der Waals surface area contributed by atoms with Crippen LogP contribution in [0.4, 0.5) is 5.95 Å². The standard InChI is InChI=1S/C12H13N5O/c1-7-3-4-14-11-10(7)15-12(13)17(11)6-9-5-8(2)18-16-9/h3-5H,6H2,1-2H3,(H2,13,15). The molecule has 0 unspecified atom stereocenters. The predicted octanol–water partition coefficient (Wildman–Crippen LogP) is 1.67. The van der Waals surface area contributed by atoms with Crippen molar-refractivity contribution in [3.05, 3.63) is 35.3 Å². The van der Waals surface area contributed by atoms with Gasteiger partial charge in [0.1, 0.15) is 17.0 Å². The van der Waals surface area contributed by atoms with Crippen LogP contribution in [0.2, 0.25) is 0 Å². The fraction of sp³-hybridized carbons (Fsp3) is 0.250. The lowest BCUT2D eigenvalue weighted by Gasteiger charge is -2.02. The molecule has 2 N–H and O–H groups in total. The highest BCUT2D eigenvalue weighted by Gasteiger charge is 2.12. The van der Waals surface area contributed by atoms with Crippen LogP contribution in [0.5, 0.6) is 0 Å². The largest absolute Gasteiger partial charge is 0.369 e. The highest BCUT2D eigenvalue weighted by molar-refractivity contribution is 5.77. The zero-order valence-corrected chi connectivity index (χ0v) is 10.2. The Morgan fingerprint density at radius 3 is 2.94 bits per heavy atom. The van der Waals surface area contributed by atoms with Gasteiger partial charge in [0, 0.05) is 12.3 Å². The molecule has 0 atom stereocenters. The maximum atomic E-state index is 5.93. The number of nitrogens with zero attached hydrogens (tertiary/aromatic N) is 4.